The Morgan fingerprint density at radius 3 is 2.73 bits per heavy atom. The number of carbonyl (C=O) groups is 1. The molecule has 0 aromatic carbocycles. The van der Waals surface area contributed by atoms with Crippen molar-refractivity contribution in [1.82, 2.24) is 20.2 Å². The second-order valence-corrected chi connectivity index (χ2v) is 11.0. The standard InChI is InChI=1S/C30H39F2N7O/c1-2-22(14-21(16-33)18-39-13-10-30(31,32)20-39)23-6-9-27-26(15-23)28(37-36-27)29(40)35-24-7-8-25(34-17-24)19-38-11-4-3-5-12-38/h6-8,14-17,27,36H,2-5,9-13,18-20,33H2,1H3,(H,35,40)/b21-16+,22-14+. The van der Waals surface area contributed by atoms with Crippen LogP contribution >= 0.6 is 0 Å². The molecule has 4 N–H and O–H groups in total. The number of hydrogen-bond donors (Lipinski definition) is 3. The van der Waals surface area contributed by atoms with E-state index in [1.165, 1.54) is 25.5 Å². The zero-order chi connectivity index (χ0) is 28.1. The Balaban J connectivity index is 1.23. The van der Waals surface area contributed by atoms with Gasteiger partial charge in [-0.2, -0.15) is 5.10 Å². The molecule has 8 nitrogen and oxygen atoms in total. The number of rotatable bonds is 9. The van der Waals surface area contributed by atoms with E-state index in [0.717, 1.165) is 54.0 Å². The first-order valence-electron chi connectivity index (χ1n) is 14.3. The summed E-state index contributed by atoms with van der Waals surface area (Å²) in [5.41, 5.74) is 14.6. The average molecular weight is 552 g/mol. The van der Waals surface area contributed by atoms with Gasteiger partial charge >= 0.3 is 0 Å². The molecule has 2 fully saturated rings. The van der Waals surface area contributed by atoms with E-state index in [-0.39, 0.29) is 24.9 Å². The van der Waals surface area contributed by atoms with Gasteiger partial charge in [-0.15, -0.1) is 0 Å². The Kier molecular flexibility index (Phi) is 8.75. The number of anilines is 1. The predicted octanol–water partition coefficient (Wildman–Crippen LogP) is 4.11. The fourth-order valence-electron chi connectivity index (χ4n) is 5.76. The van der Waals surface area contributed by atoms with Crippen molar-refractivity contribution in [2.45, 2.75) is 64.0 Å². The van der Waals surface area contributed by atoms with Crippen LogP contribution < -0.4 is 16.5 Å². The molecular formula is C30H39F2N7O. The van der Waals surface area contributed by atoms with Crippen molar-refractivity contribution < 1.29 is 13.6 Å². The Bertz CT molecular complexity index is 1240. The number of hydrogen-bond acceptors (Lipinski definition) is 7. The van der Waals surface area contributed by atoms with Crippen LogP contribution in [0.15, 0.2) is 70.2 Å². The maximum absolute atomic E-state index is 13.7. The molecule has 0 bridgehead atoms. The fraction of sp³-hybridized carbons (Fsp3) is 0.500. The third-order valence-electron chi connectivity index (χ3n) is 7.98. The number of pyridine rings is 1. The number of nitrogens with two attached hydrogens (primary N) is 1. The zero-order valence-corrected chi connectivity index (χ0v) is 23.1. The average Bonchev–Trinajstić information content (AvgIpc) is 3.54. The van der Waals surface area contributed by atoms with E-state index in [1.54, 1.807) is 11.1 Å². The highest BCUT2D eigenvalue weighted by Gasteiger charge is 2.38. The van der Waals surface area contributed by atoms with Gasteiger partial charge in [0.2, 0.25) is 0 Å². The van der Waals surface area contributed by atoms with Gasteiger partial charge in [0.25, 0.3) is 11.8 Å². The van der Waals surface area contributed by atoms with Crippen molar-refractivity contribution in [3.8, 4) is 0 Å². The summed E-state index contributed by atoms with van der Waals surface area (Å²) >= 11 is 0. The Morgan fingerprint density at radius 1 is 1.23 bits per heavy atom. The number of likely N-dealkylation sites (tertiary alicyclic amines) is 2. The van der Waals surface area contributed by atoms with E-state index in [4.69, 9.17) is 5.73 Å². The molecule has 1 aromatic rings. The lowest BCUT2D eigenvalue weighted by molar-refractivity contribution is -0.110. The molecule has 1 unspecified atom stereocenters. The summed E-state index contributed by atoms with van der Waals surface area (Å²) in [6.07, 6.45) is 14.4. The molecule has 2 saturated heterocycles. The lowest BCUT2D eigenvalue weighted by atomic mass is 9.88. The molecule has 1 amide bonds. The topological polar surface area (TPSA) is 98.9 Å². The molecule has 3 aliphatic heterocycles. The number of alkyl halides is 2. The van der Waals surface area contributed by atoms with Crippen LogP contribution in [0.1, 0.15) is 51.1 Å². The highest BCUT2D eigenvalue weighted by atomic mass is 19.3. The first-order chi connectivity index (χ1) is 19.3. The Hall–Kier alpha value is -3.37. The van der Waals surface area contributed by atoms with Crippen LogP contribution in [-0.4, -0.2) is 71.1 Å². The number of piperidine rings is 1. The van der Waals surface area contributed by atoms with Crippen LogP contribution in [0.4, 0.5) is 14.5 Å². The number of halogens is 2. The largest absolute Gasteiger partial charge is 0.404 e. The number of fused-ring (bicyclic) bond motifs is 1. The number of aromatic nitrogens is 1. The minimum atomic E-state index is -2.64. The monoisotopic (exact) mass is 551 g/mol. The molecule has 0 spiro atoms. The van der Waals surface area contributed by atoms with Crippen LogP contribution in [0.25, 0.3) is 0 Å². The highest BCUT2D eigenvalue weighted by Crippen LogP contribution is 2.31. The molecule has 4 aliphatic rings. The number of amides is 1. The molecule has 1 atom stereocenters. The second-order valence-electron chi connectivity index (χ2n) is 11.0. The van der Waals surface area contributed by atoms with Crippen molar-refractivity contribution in [2.24, 2.45) is 10.8 Å². The van der Waals surface area contributed by atoms with Crippen LogP contribution in [0.5, 0.6) is 0 Å². The third kappa shape index (κ3) is 6.85. The predicted molar refractivity (Wildman–Crippen MR) is 154 cm³/mol. The lowest BCUT2D eigenvalue weighted by Crippen LogP contribution is -2.29. The summed E-state index contributed by atoms with van der Waals surface area (Å²) in [4.78, 5) is 21.9. The second kappa shape index (κ2) is 12.4. The van der Waals surface area contributed by atoms with Gasteiger partial charge in [-0.1, -0.05) is 25.5 Å². The summed E-state index contributed by atoms with van der Waals surface area (Å²) in [5.74, 6) is -2.92. The highest BCUT2D eigenvalue weighted by molar-refractivity contribution is 6.49. The minimum Gasteiger partial charge on any atom is -0.404 e. The molecule has 10 heteroatoms. The molecule has 0 radical (unpaired) electrons. The Morgan fingerprint density at radius 2 is 2.05 bits per heavy atom. The quantitative estimate of drug-likeness (QED) is 0.400. The smallest absolute Gasteiger partial charge is 0.276 e. The van der Waals surface area contributed by atoms with E-state index in [1.807, 2.05) is 31.2 Å². The SMILES string of the molecule is CC/C(=C\C(=C/N)CN1CCC(F)(F)C1)C1=CCC2NN=C(C(=O)Nc3ccc(CN4CCCCC4)nc3)C2=C1. The molecule has 1 aliphatic carbocycles. The van der Waals surface area contributed by atoms with Crippen molar-refractivity contribution >= 4 is 17.3 Å². The van der Waals surface area contributed by atoms with Gasteiger partial charge in [0.15, 0.2) is 5.71 Å². The van der Waals surface area contributed by atoms with Crippen LogP contribution in [-0.2, 0) is 11.3 Å². The van der Waals surface area contributed by atoms with Crippen LogP contribution in [0.2, 0.25) is 0 Å². The van der Waals surface area contributed by atoms with E-state index in [2.05, 4.69) is 31.8 Å². The summed E-state index contributed by atoms with van der Waals surface area (Å²) in [6.45, 7) is 5.57. The third-order valence-corrected chi connectivity index (χ3v) is 7.98. The van der Waals surface area contributed by atoms with Crippen molar-refractivity contribution in [3.05, 3.63) is 70.7 Å². The maximum Gasteiger partial charge on any atom is 0.276 e. The van der Waals surface area contributed by atoms with Crippen molar-refractivity contribution in [3.63, 3.8) is 0 Å². The van der Waals surface area contributed by atoms with Gasteiger partial charge in [-0.05, 0) is 79.9 Å². The lowest BCUT2D eigenvalue weighted by Gasteiger charge is -2.25. The minimum absolute atomic E-state index is 0.0657. The zero-order valence-electron chi connectivity index (χ0n) is 23.1. The fourth-order valence-corrected chi connectivity index (χ4v) is 5.76. The van der Waals surface area contributed by atoms with Crippen molar-refractivity contribution in [2.75, 3.05) is 38.0 Å². The number of allylic oxidation sites excluding steroid dienone is 3. The number of hydrazone groups is 1. The van der Waals surface area contributed by atoms with E-state index < -0.39 is 5.92 Å². The maximum atomic E-state index is 13.7. The van der Waals surface area contributed by atoms with Crippen LogP contribution in [0, 0.1) is 0 Å². The number of carbonyl (C=O) groups excluding carboxylic acids is 1. The van der Waals surface area contributed by atoms with Gasteiger partial charge in [0.1, 0.15) is 0 Å². The molecule has 1 aromatic heterocycles. The van der Waals surface area contributed by atoms with Gasteiger partial charge in [0.05, 0.1) is 30.2 Å². The normalized spacial score (nSPS) is 23.7. The molecule has 5 rings (SSSR count). The van der Waals surface area contributed by atoms with E-state index >= 15 is 0 Å². The molecule has 214 valence electrons. The summed E-state index contributed by atoms with van der Waals surface area (Å²) < 4.78 is 27.3. The van der Waals surface area contributed by atoms with Gasteiger partial charge in [0, 0.05) is 31.6 Å². The van der Waals surface area contributed by atoms with Gasteiger partial charge in [-0.25, -0.2) is 8.78 Å². The molecule has 40 heavy (non-hydrogen) atoms. The van der Waals surface area contributed by atoms with E-state index in [0.29, 0.717) is 30.9 Å². The summed E-state index contributed by atoms with van der Waals surface area (Å²) in [7, 11) is 0. The van der Waals surface area contributed by atoms with Crippen molar-refractivity contribution in [1.29, 1.82) is 0 Å². The Labute approximate surface area is 234 Å². The first kappa shape index (κ1) is 28.2. The van der Waals surface area contributed by atoms with Gasteiger partial charge in [-0.3, -0.25) is 19.6 Å². The molecular weight excluding hydrogens is 512 g/mol. The van der Waals surface area contributed by atoms with Crippen LogP contribution in [0.3, 0.4) is 0 Å². The van der Waals surface area contributed by atoms with E-state index in [9.17, 15) is 13.6 Å². The molecule has 4 heterocycles. The summed E-state index contributed by atoms with van der Waals surface area (Å²) in [6, 6.07) is 3.79. The summed E-state index contributed by atoms with van der Waals surface area (Å²) in [5, 5.41) is 7.29. The number of nitrogens with one attached hydrogen (secondary N) is 2. The first-order valence-corrected chi connectivity index (χ1v) is 14.3. The molecule has 0 saturated carbocycles. The van der Waals surface area contributed by atoms with Gasteiger partial charge < -0.3 is 16.5 Å². The number of nitrogens with zero attached hydrogens (tertiary/aromatic N) is 4.